The van der Waals surface area contributed by atoms with E-state index in [4.69, 9.17) is 4.74 Å². The predicted octanol–water partition coefficient (Wildman–Crippen LogP) is 4.04. The van der Waals surface area contributed by atoms with Crippen molar-refractivity contribution in [2.45, 2.75) is 22.8 Å². The van der Waals surface area contributed by atoms with E-state index in [2.05, 4.69) is 0 Å². The molecule has 1 N–H and O–H groups in total. The van der Waals surface area contributed by atoms with Gasteiger partial charge in [-0.3, -0.25) is 0 Å². The van der Waals surface area contributed by atoms with E-state index in [0.717, 1.165) is 15.4 Å². The van der Waals surface area contributed by atoms with E-state index in [0.29, 0.717) is 5.75 Å². The molecule has 0 bridgehead atoms. The third kappa shape index (κ3) is 3.28. The summed E-state index contributed by atoms with van der Waals surface area (Å²) >= 11 is 1.41. The predicted molar refractivity (Wildman–Crippen MR) is 74.2 cm³/mol. The lowest BCUT2D eigenvalue weighted by molar-refractivity contribution is 0.191. The molecule has 0 aliphatic heterocycles. The van der Waals surface area contributed by atoms with E-state index in [1.54, 1.807) is 26.2 Å². The SMILES string of the molecule is COc1cccc(Sc2cccc(F)c2)c1[C@@H](C)O. The fourth-order valence-corrected chi connectivity index (χ4v) is 2.96. The van der Waals surface area contributed by atoms with Gasteiger partial charge in [0.25, 0.3) is 0 Å². The second-order valence-corrected chi connectivity index (χ2v) is 5.22. The van der Waals surface area contributed by atoms with Gasteiger partial charge in [-0.2, -0.15) is 0 Å². The monoisotopic (exact) mass is 278 g/mol. The molecule has 2 nitrogen and oxygen atoms in total. The second-order valence-electron chi connectivity index (χ2n) is 4.11. The van der Waals surface area contributed by atoms with Crippen molar-refractivity contribution in [3.63, 3.8) is 0 Å². The number of methoxy groups -OCH3 is 1. The van der Waals surface area contributed by atoms with Crippen LogP contribution in [0.15, 0.2) is 52.3 Å². The molecule has 2 rings (SSSR count). The van der Waals surface area contributed by atoms with Gasteiger partial charge in [-0.15, -0.1) is 0 Å². The lowest BCUT2D eigenvalue weighted by Gasteiger charge is -2.15. The fourth-order valence-electron chi connectivity index (χ4n) is 1.86. The van der Waals surface area contributed by atoms with Crippen LogP contribution in [-0.2, 0) is 0 Å². The second kappa shape index (κ2) is 6.08. The molecule has 0 aliphatic carbocycles. The highest BCUT2D eigenvalue weighted by molar-refractivity contribution is 7.99. The van der Waals surface area contributed by atoms with Gasteiger partial charge in [0.2, 0.25) is 0 Å². The van der Waals surface area contributed by atoms with Gasteiger partial charge in [0.05, 0.1) is 13.2 Å². The van der Waals surface area contributed by atoms with E-state index < -0.39 is 6.10 Å². The quantitative estimate of drug-likeness (QED) is 0.915. The van der Waals surface area contributed by atoms with Gasteiger partial charge in [-0.25, -0.2) is 4.39 Å². The molecule has 0 heterocycles. The first-order chi connectivity index (χ1) is 9.11. The highest BCUT2D eigenvalue weighted by atomic mass is 32.2. The lowest BCUT2D eigenvalue weighted by atomic mass is 10.1. The summed E-state index contributed by atoms with van der Waals surface area (Å²) in [5.41, 5.74) is 0.722. The average molecular weight is 278 g/mol. The van der Waals surface area contributed by atoms with Crippen LogP contribution in [0.1, 0.15) is 18.6 Å². The zero-order chi connectivity index (χ0) is 13.8. The smallest absolute Gasteiger partial charge is 0.125 e. The maximum Gasteiger partial charge on any atom is 0.125 e. The minimum absolute atomic E-state index is 0.272. The van der Waals surface area contributed by atoms with Crippen molar-refractivity contribution in [2.24, 2.45) is 0 Å². The van der Waals surface area contributed by atoms with Crippen molar-refractivity contribution in [2.75, 3.05) is 7.11 Å². The fraction of sp³-hybridized carbons (Fsp3) is 0.200. The molecule has 2 aromatic rings. The number of halogens is 1. The number of benzene rings is 2. The van der Waals surface area contributed by atoms with Crippen molar-refractivity contribution in [1.82, 2.24) is 0 Å². The molecule has 0 spiro atoms. The first-order valence-electron chi connectivity index (χ1n) is 5.90. The van der Waals surface area contributed by atoms with Crippen molar-refractivity contribution in [3.05, 3.63) is 53.8 Å². The third-order valence-electron chi connectivity index (χ3n) is 2.69. The maximum atomic E-state index is 13.2. The van der Waals surface area contributed by atoms with Gasteiger partial charge in [0, 0.05) is 15.4 Å². The topological polar surface area (TPSA) is 29.5 Å². The molecular formula is C15H15FO2S. The summed E-state index contributed by atoms with van der Waals surface area (Å²) in [5.74, 6) is 0.364. The Morgan fingerprint density at radius 3 is 2.58 bits per heavy atom. The molecule has 0 fully saturated rings. The van der Waals surface area contributed by atoms with E-state index in [9.17, 15) is 9.50 Å². The van der Waals surface area contributed by atoms with Crippen LogP contribution in [0.3, 0.4) is 0 Å². The number of hydrogen-bond acceptors (Lipinski definition) is 3. The summed E-state index contributed by atoms with van der Waals surface area (Å²) in [6, 6.07) is 11.9. The van der Waals surface area contributed by atoms with Crippen molar-refractivity contribution in [1.29, 1.82) is 0 Å². The summed E-state index contributed by atoms with van der Waals surface area (Å²) in [5, 5.41) is 9.88. The Hall–Kier alpha value is -1.52. The number of hydrogen-bond donors (Lipinski definition) is 1. The average Bonchev–Trinajstić information content (AvgIpc) is 2.38. The molecule has 2 aromatic carbocycles. The Balaban J connectivity index is 2.39. The zero-order valence-electron chi connectivity index (χ0n) is 10.8. The Bertz CT molecular complexity index is 570. The molecular weight excluding hydrogens is 263 g/mol. The molecule has 0 radical (unpaired) electrons. The minimum atomic E-state index is -0.646. The maximum absolute atomic E-state index is 13.2. The van der Waals surface area contributed by atoms with Gasteiger partial charge < -0.3 is 9.84 Å². The van der Waals surface area contributed by atoms with Crippen LogP contribution in [0.5, 0.6) is 5.75 Å². The van der Waals surface area contributed by atoms with Crippen molar-refractivity contribution in [3.8, 4) is 5.75 Å². The lowest BCUT2D eigenvalue weighted by Crippen LogP contribution is -1.98. The number of aliphatic hydroxyl groups is 1. The zero-order valence-corrected chi connectivity index (χ0v) is 11.6. The number of ether oxygens (including phenoxy) is 1. The summed E-state index contributed by atoms with van der Waals surface area (Å²) in [6.07, 6.45) is -0.646. The van der Waals surface area contributed by atoms with Gasteiger partial charge in [-0.1, -0.05) is 23.9 Å². The summed E-state index contributed by atoms with van der Waals surface area (Å²) in [6.45, 7) is 1.69. The van der Waals surface area contributed by atoms with Crippen LogP contribution in [0, 0.1) is 5.82 Å². The minimum Gasteiger partial charge on any atom is -0.496 e. The Morgan fingerprint density at radius 2 is 1.95 bits per heavy atom. The first-order valence-corrected chi connectivity index (χ1v) is 6.72. The highest BCUT2D eigenvalue weighted by Crippen LogP contribution is 2.38. The van der Waals surface area contributed by atoms with E-state index in [-0.39, 0.29) is 5.82 Å². The molecule has 0 saturated heterocycles. The molecule has 0 aromatic heterocycles. The third-order valence-corrected chi connectivity index (χ3v) is 3.75. The number of aliphatic hydroxyl groups excluding tert-OH is 1. The van der Waals surface area contributed by atoms with Gasteiger partial charge >= 0.3 is 0 Å². The van der Waals surface area contributed by atoms with Crippen LogP contribution < -0.4 is 4.74 Å². The van der Waals surface area contributed by atoms with E-state index in [1.807, 2.05) is 18.2 Å². The summed E-state index contributed by atoms with van der Waals surface area (Å²) in [4.78, 5) is 1.65. The van der Waals surface area contributed by atoms with E-state index in [1.165, 1.54) is 23.9 Å². The Labute approximate surface area is 116 Å². The number of rotatable bonds is 4. The Morgan fingerprint density at radius 1 is 1.21 bits per heavy atom. The normalized spacial score (nSPS) is 12.2. The molecule has 4 heteroatoms. The molecule has 1 atom stereocenters. The molecule has 100 valence electrons. The first kappa shape index (κ1) is 13.9. The highest BCUT2D eigenvalue weighted by Gasteiger charge is 2.15. The van der Waals surface area contributed by atoms with Gasteiger partial charge in [-0.05, 0) is 37.3 Å². The summed E-state index contributed by atoms with van der Waals surface area (Å²) in [7, 11) is 1.57. The van der Waals surface area contributed by atoms with Crippen LogP contribution in [-0.4, -0.2) is 12.2 Å². The van der Waals surface area contributed by atoms with Crippen LogP contribution in [0.2, 0.25) is 0 Å². The molecule has 0 aliphatic rings. The molecule has 19 heavy (non-hydrogen) atoms. The largest absolute Gasteiger partial charge is 0.496 e. The molecule has 0 amide bonds. The Kier molecular flexibility index (Phi) is 4.45. The summed E-state index contributed by atoms with van der Waals surface area (Å²) < 4.78 is 18.4. The molecule has 0 unspecified atom stereocenters. The standard InChI is InChI=1S/C15H15FO2S/c1-10(17)15-13(18-2)7-4-8-14(15)19-12-6-3-5-11(16)9-12/h3-10,17H,1-2H3/t10-/m1/s1. The molecule has 0 saturated carbocycles. The van der Waals surface area contributed by atoms with Crippen molar-refractivity contribution < 1.29 is 14.2 Å². The van der Waals surface area contributed by atoms with Crippen LogP contribution in [0.4, 0.5) is 4.39 Å². The van der Waals surface area contributed by atoms with Crippen molar-refractivity contribution >= 4 is 11.8 Å². The van der Waals surface area contributed by atoms with Crippen LogP contribution in [0.25, 0.3) is 0 Å². The van der Waals surface area contributed by atoms with E-state index >= 15 is 0 Å². The van der Waals surface area contributed by atoms with Gasteiger partial charge in [0.15, 0.2) is 0 Å². The van der Waals surface area contributed by atoms with Gasteiger partial charge in [0.1, 0.15) is 11.6 Å². The van der Waals surface area contributed by atoms with Crippen LogP contribution >= 0.6 is 11.8 Å².